The molecule has 3 aromatic rings. The van der Waals surface area contributed by atoms with Crippen molar-refractivity contribution in [1.82, 2.24) is 0 Å². The summed E-state index contributed by atoms with van der Waals surface area (Å²) in [7, 11) is 3.08. The van der Waals surface area contributed by atoms with Crippen LogP contribution in [0.1, 0.15) is 15.9 Å². The first-order valence-electron chi connectivity index (χ1n) is 8.25. The van der Waals surface area contributed by atoms with Gasteiger partial charge in [-0.3, -0.25) is 0 Å². The third-order valence-electron chi connectivity index (χ3n) is 4.05. The predicted octanol–water partition coefficient (Wildman–Crippen LogP) is 4.73. The summed E-state index contributed by atoms with van der Waals surface area (Å²) < 4.78 is 15.8. The molecule has 4 heteroatoms. The minimum atomic E-state index is -0.405. The highest BCUT2D eigenvalue weighted by Crippen LogP contribution is 2.28. The highest BCUT2D eigenvalue weighted by Gasteiger charge is 2.12. The molecule has 0 bridgehead atoms. The molecule has 0 fully saturated rings. The van der Waals surface area contributed by atoms with Crippen molar-refractivity contribution in [3.8, 4) is 22.6 Å². The smallest absolute Gasteiger partial charge is 0.338 e. The van der Waals surface area contributed by atoms with E-state index in [4.69, 9.17) is 14.2 Å². The van der Waals surface area contributed by atoms with Gasteiger partial charge in [0.25, 0.3) is 0 Å². The van der Waals surface area contributed by atoms with Gasteiger partial charge in [0.1, 0.15) is 6.61 Å². The second-order valence-corrected chi connectivity index (χ2v) is 5.71. The van der Waals surface area contributed by atoms with E-state index in [0.717, 1.165) is 16.7 Å². The fourth-order valence-corrected chi connectivity index (χ4v) is 2.62. The minimum absolute atomic E-state index is 0.211. The molecule has 0 radical (unpaired) electrons. The summed E-state index contributed by atoms with van der Waals surface area (Å²) in [6.07, 6.45) is 0. The van der Waals surface area contributed by atoms with Gasteiger partial charge in [-0.2, -0.15) is 0 Å². The van der Waals surface area contributed by atoms with E-state index in [9.17, 15) is 4.79 Å². The lowest BCUT2D eigenvalue weighted by atomic mass is 10.0. The maximum atomic E-state index is 12.3. The number of hydrogen-bond donors (Lipinski definition) is 0. The second-order valence-electron chi connectivity index (χ2n) is 5.71. The van der Waals surface area contributed by atoms with E-state index in [1.807, 2.05) is 42.5 Å². The van der Waals surface area contributed by atoms with Crippen LogP contribution in [0.25, 0.3) is 11.1 Å². The van der Waals surface area contributed by atoms with Crippen LogP contribution in [0.5, 0.6) is 11.5 Å². The van der Waals surface area contributed by atoms with Gasteiger partial charge in [-0.1, -0.05) is 54.6 Å². The van der Waals surface area contributed by atoms with E-state index in [-0.39, 0.29) is 6.61 Å². The Morgan fingerprint density at radius 2 is 1.42 bits per heavy atom. The van der Waals surface area contributed by atoms with Crippen LogP contribution in [-0.4, -0.2) is 20.2 Å². The zero-order valence-corrected chi connectivity index (χ0v) is 14.8. The van der Waals surface area contributed by atoms with Crippen LogP contribution in [-0.2, 0) is 11.3 Å². The van der Waals surface area contributed by atoms with E-state index < -0.39 is 5.97 Å². The van der Waals surface area contributed by atoms with Crippen LogP contribution in [0, 0.1) is 0 Å². The van der Waals surface area contributed by atoms with Crippen LogP contribution in [0.3, 0.4) is 0 Å². The average molecular weight is 348 g/mol. The molecule has 0 saturated carbocycles. The monoisotopic (exact) mass is 348 g/mol. The molecule has 0 amide bonds. The molecule has 0 N–H and O–H groups in total. The highest BCUT2D eigenvalue weighted by molar-refractivity contribution is 5.90. The van der Waals surface area contributed by atoms with Gasteiger partial charge in [0.05, 0.1) is 19.8 Å². The van der Waals surface area contributed by atoms with Gasteiger partial charge in [0, 0.05) is 0 Å². The molecule has 0 atom stereocenters. The Balaban J connectivity index is 1.64. The number of rotatable bonds is 6. The van der Waals surface area contributed by atoms with Gasteiger partial charge >= 0.3 is 5.97 Å². The number of ether oxygens (including phenoxy) is 3. The molecule has 0 aliphatic heterocycles. The summed E-state index contributed by atoms with van der Waals surface area (Å²) >= 11 is 0. The lowest BCUT2D eigenvalue weighted by Gasteiger charge is -2.10. The maximum absolute atomic E-state index is 12.3. The van der Waals surface area contributed by atoms with E-state index in [0.29, 0.717) is 17.1 Å². The Kier molecular flexibility index (Phi) is 5.54. The normalized spacial score (nSPS) is 10.2. The molecule has 26 heavy (non-hydrogen) atoms. The maximum Gasteiger partial charge on any atom is 0.338 e. The molecule has 3 aromatic carbocycles. The molecule has 0 spiro atoms. The first-order valence-corrected chi connectivity index (χ1v) is 8.25. The molecule has 0 unspecified atom stereocenters. The van der Waals surface area contributed by atoms with Gasteiger partial charge in [-0.15, -0.1) is 0 Å². The summed E-state index contributed by atoms with van der Waals surface area (Å²) in [5.74, 6) is 0.660. The fraction of sp³-hybridized carbons (Fsp3) is 0.136. The Morgan fingerprint density at radius 1 is 0.769 bits per heavy atom. The van der Waals surface area contributed by atoms with Gasteiger partial charge < -0.3 is 14.2 Å². The predicted molar refractivity (Wildman–Crippen MR) is 101 cm³/mol. The molecular formula is C22H20O4. The Hall–Kier alpha value is -3.27. The Morgan fingerprint density at radius 3 is 2.08 bits per heavy atom. The number of hydrogen-bond acceptors (Lipinski definition) is 4. The van der Waals surface area contributed by atoms with Crippen molar-refractivity contribution in [2.24, 2.45) is 0 Å². The first-order chi connectivity index (χ1) is 12.7. The third kappa shape index (κ3) is 4.03. The summed E-state index contributed by atoms with van der Waals surface area (Å²) in [5.41, 5.74) is 3.63. The van der Waals surface area contributed by atoms with E-state index >= 15 is 0 Å². The first kappa shape index (κ1) is 17.5. The van der Waals surface area contributed by atoms with Crippen LogP contribution in [0.2, 0.25) is 0 Å². The van der Waals surface area contributed by atoms with Crippen LogP contribution in [0.15, 0.2) is 72.8 Å². The van der Waals surface area contributed by atoms with Crippen LogP contribution in [0.4, 0.5) is 0 Å². The summed E-state index contributed by atoms with van der Waals surface area (Å²) in [6.45, 7) is 0.211. The topological polar surface area (TPSA) is 44.8 Å². The third-order valence-corrected chi connectivity index (χ3v) is 4.05. The summed E-state index contributed by atoms with van der Waals surface area (Å²) in [6, 6.07) is 23.1. The zero-order chi connectivity index (χ0) is 18.4. The van der Waals surface area contributed by atoms with Crippen molar-refractivity contribution in [3.63, 3.8) is 0 Å². The molecule has 0 aromatic heterocycles. The molecule has 3 rings (SSSR count). The molecule has 0 aliphatic rings. The van der Waals surface area contributed by atoms with Gasteiger partial charge in [0.15, 0.2) is 11.5 Å². The van der Waals surface area contributed by atoms with E-state index in [1.165, 1.54) is 7.11 Å². The van der Waals surface area contributed by atoms with Gasteiger partial charge in [-0.05, 0) is 34.9 Å². The zero-order valence-electron chi connectivity index (χ0n) is 14.8. The standard InChI is InChI=1S/C22H20O4/c1-24-20-13-12-19(14-21(20)25-2)22(23)26-15-16-8-10-18(11-9-16)17-6-4-3-5-7-17/h3-14H,15H2,1-2H3. The number of carbonyl (C=O) groups is 1. The summed E-state index contributed by atoms with van der Waals surface area (Å²) in [5, 5.41) is 0. The van der Waals surface area contributed by atoms with Crippen molar-refractivity contribution < 1.29 is 19.0 Å². The van der Waals surface area contributed by atoms with Crippen molar-refractivity contribution in [2.45, 2.75) is 6.61 Å². The SMILES string of the molecule is COc1ccc(C(=O)OCc2ccc(-c3ccccc3)cc2)cc1OC. The molecule has 0 aliphatic carbocycles. The number of benzene rings is 3. The Labute approximate surface area is 153 Å². The van der Waals surface area contributed by atoms with Crippen molar-refractivity contribution in [2.75, 3.05) is 14.2 Å². The molecule has 0 saturated heterocycles. The molecular weight excluding hydrogens is 328 g/mol. The van der Waals surface area contributed by atoms with Gasteiger partial charge in [0.2, 0.25) is 0 Å². The number of carbonyl (C=O) groups excluding carboxylic acids is 1. The van der Waals surface area contributed by atoms with Crippen molar-refractivity contribution in [3.05, 3.63) is 83.9 Å². The van der Waals surface area contributed by atoms with Crippen molar-refractivity contribution >= 4 is 5.97 Å². The molecule has 132 valence electrons. The number of methoxy groups -OCH3 is 2. The van der Waals surface area contributed by atoms with Gasteiger partial charge in [-0.25, -0.2) is 4.79 Å². The van der Waals surface area contributed by atoms with E-state index in [1.54, 1.807) is 25.3 Å². The highest BCUT2D eigenvalue weighted by atomic mass is 16.5. The Bertz CT molecular complexity index is 870. The number of esters is 1. The minimum Gasteiger partial charge on any atom is -0.493 e. The molecule has 4 nitrogen and oxygen atoms in total. The fourth-order valence-electron chi connectivity index (χ4n) is 2.62. The summed E-state index contributed by atoms with van der Waals surface area (Å²) in [4.78, 5) is 12.3. The largest absolute Gasteiger partial charge is 0.493 e. The average Bonchev–Trinajstić information content (AvgIpc) is 2.72. The van der Waals surface area contributed by atoms with Crippen LogP contribution >= 0.6 is 0 Å². The lowest BCUT2D eigenvalue weighted by molar-refractivity contribution is 0.0472. The quantitative estimate of drug-likeness (QED) is 0.604. The van der Waals surface area contributed by atoms with Crippen molar-refractivity contribution in [1.29, 1.82) is 0 Å². The van der Waals surface area contributed by atoms with E-state index in [2.05, 4.69) is 12.1 Å². The second kappa shape index (κ2) is 8.21. The molecule has 0 heterocycles. The lowest BCUT2D eigenvalue weighted by Crippen LogP contribution is -2.06. The van der Waals surface area contributed by atoms with Crippen LogP contribution < -0.4 is 9.47 Å².